The lowest BCUT2D eigenvalue weighted by Gasteiger charge is -2.29. The third-order valence-corrected chi connectivity index (χ3v) is 10.8. The fourth-order valence-corrected chi connectivity index (χ4v) is 9.23. The number of hydrogen-bond acceptors (Lipinski definition) is 2. The summed E-state index contributed by atoms with van der Waals surface area (Å²) in [7, 11) is 1.56. The zero-order valence-electron chi connectivity index (χ0n) is 21.0. The average Bonchev–Trinajstić information content (AvgIpc) is 3.12. The molecule has 0 fully saturated rings. The Bertz CT molecular complexity index is 1390. The molecule has 5 rings (SSSR count). The number of rotatable bonds is 7. The van der Waals surface area contributed by atoms with Crippen LogP contribution >= 0.6 is 0 Å². The molecule has 0 radical (unpaired) electrons. The van der Waals surface area contributed by atoms with E-state index in [1.54, 1.807) is 14.2 Å². The smallest absolute Gasteiger partial charge is 0.114 e. The maximum absolute atomic E-state index is 5.86. The molecule has 4 aromatic rings. The summed E-state index contributed by atoms with van der Waals surface area (Å²) in [5, 5.41) is 2.99. The van der Waals surface area contributed by atoms with Gasteiger partial charge in [-0.05, 0) is 60.4 Å². The number of fused-ring (bicyclic) bond motifs is 3. The van der Waals surface area contributed by atoms with Crippen molar-refractivity contribution in [1.82, 2.24) is 0 Å². The molecular weight excluding hydrogens is 444 g/mol. The predicted molar refractivity (Wildman–Crippen MR) is 151 cm³/mol. The molecule has 1 aliphatic heterocycles. The Morgan fingerprint density at radius 2 is 1.26 bits per heavy atom. The zero-order chi connectivity index (χ0) is 24.6. The second-order valence-electron chi connectivity index (χ2n) is 9.69. The maximum atomic E-state index is 5.86. The summed E-state index contributed by atoms with van der Waals surface area (Å²) in [5.74, 6) is 0. The SMILES string of the molecule is C=Cc1ccc(-c2c(COC)c(COC)c(-c3ccccc3)c3c2-c2ccccc2[Si]3(C)C)cc1. The van der Waals surface area contributed by atoms with Gasteiger partial charge in [0.05, 0.1) is 13.2 Å². The third kappa shape index (κ3) is 3.81. The van der Waals surface area contributed by atoms with Crippen LogP contribution in [0.25, 0.3) is 39.5 Å². The van der Waals surface area contributed by atoms with Gasteiger partial charge in [0.25, 0.3) is 0 Å². The minimum Gasteiger partial charge on any atom is -0.380 e. The standard InChI is InChI=1S/C32H32O2Si/c1-6-22-16-18-24(19-17-22)29-26(20-33-2)27(21-34-3)30(23-12-8-7-9-13-23)32-31(29)25-14-10-11-15-28(25)35(32,4)5/h6-19H,1,20-21H2,2-5H3. The second kappa shape index (κ2) is 9.42. The summed E-state index contributed by atoms with van der Waals surface area (Å²) in [6, 6.07) is 28.6. The number of hydrogen-bond donors (Lipinski definition) is 0. The number of methoxy groups -OCH3 is 2. The van der Waals surface area contributed by atoms with E-state index in [-0.39, 0.29) is 0 Å². The number of ether oxygens (including phenoxy) is 2. The van der Waals surface area contributed by atoms with Crippen molar-refractivity contribution in [2.45, 2.75) is 26.3 Å². The Morgan fingerprint density at radius 1 is 0.686 bits per heavy atom. The zero-order valence-corrected chi connectivity index (χ0v) is 22.0. The van der Waals surface area contributed by atoms with Gasteiger partial charge in [0.15, 0.2) is 0 Å². The fourth-order valence-electron chi connectivity index (χ4n) is 5.76. The first-order valence-electron chi connectivity index (χ1n) is 12.1. The summed E-state index contributed by atoms with van der Waals surface area (Å²) in [6.45, 7) is 9.97. The Balaban J connectivity index is 2.00. The van der Waals surface area contributed by atoms with Crippen molar-refractivity contribution in [3.63, 3.8) is 0 Å². The van der Waals surface area contributed by atoms with Crippen LogP contribution in [-0.2, 0) is 22.7 Å². The van der Waals surface area contributed by atoms with Crippen LogP contribution in [0.5, 0.6) is 0 Å². The lowest BCUT2D eigenvalue weighted by molar-refractivity contribution is 0.169. The maximum Gasteiger partial charge on any atom is 0.114 e. The summed E-state index contributed by atoms with van der Waals surface area (Å²) >= 11 is 0. The molecule has 0 aliphatic carbocycles. The van der Waals surface area contributed by atoms with Crippen LogP contribution in [0.1, 0.15) is 16.7 Å². The van der Waals surface area contributed by atoms with Gasteiger partial charge in [-0.2, -0.15) is 0 Å². The summed E-state index contributed by atoms with van der Waals surface area (Å²) in [4.78, 5) is 0. The van der Waals surface area contributed by atoms with Crippen molar-refractivity contribution in [2.24, 2.45) is 0 Å². The Morgan fingerprint density at radius 3 is 1.89 bits per heavy atom. The highest BCUT2D eigenvalue weighted by molar-refractivity contribution is 7.04. The van der Waals surface area contributed by atoms with Gasteiger partial charge in [-0.1, -0.05) is 105 Å². The molecule has 176 valence electrons. The molecule has 0 saturated heterocycles. The molecule has 0 spiro atoms. The van der Waals surface area contributed by atoms with Crippen molar-refractivity contribution in [1.29, 1.82) is 0 Å². The minimum absolute atomic E-state index is 0.522. The van der Waals surface area contributed by atoms with E-state index in [2.05, 4.69) is 98.5 Å². The van der Waals surface area contributed by atoms with Crippen LogP contribution in [0, 0.1) is 0 Å². The van der Waals surface area contributed by atoms with E-state index in [9.17, 15) is 0 Å². The first-order chi connectivity index (χ1) is 17.0. The molecule has 0 amide bonds. The normalized spacial score (nSPS) is 13.4. The highest BCUT2D eigenvalue weighted by Crippen LogP contribution is 2.45. The van der Waals surface area contributed by atoms with Crippen molar-refractivity contribution in [3.05, 3.63) is 102 Å². The Labute approximate surface area is 209 Å². The van der Waals surface area contributed by atoms with Crippen LogP contribution in [0.2, 0.25) is 13.1 Å². The van der Waals surface area contributed by atoms with E-state index in [1.165, 1.54) is 54.9 Å². The van der Waals surface area contributed by atoms with Crippen molar-refractivity contribution in [3.8, 4) is 33.4 Å². The highest BCUT2D eigenvalue weighted by Gasteiger charge is 2.43. The molecular formula is C32H32O2Si. The monoisotopic (exact) mass is 476 g/mol. The fraction of sp³-hybridized carbons (Fsp3) is 0.188. The van der Waals surface area contributed by atoms with Gasteiger partial charge in [-0.15, -0.1) is 0 Å². The van der Waals surface area contributed by atoms with Crippen molar-refractivity contribution >= 4 is 24.5 Å². The molecule has 2 nitrogen and oxygen atoms in total. The van der Waals surface area contributed by atoms with E-state index >= 15 is 0 Å². The van der Waals surface area contributed by atoms with E-state index in [4.69, 9.17) is 9.47 Å². The Kier molecular flexibility index (Phi) is 6.33. The van der Waals surface area contributed by atoms with Gasteiger partial charge < -0.3 is 9.47 Å². The summed E-state index contributed by atoms with van der Waals surface area (Å²) in [5.41, 5.74) is 11.3. The molecule has 0 atom stereocenters. The van der Waals surface area contributed by atoms with E-state index in [0.29, 0.717) is 13.2 Å². The van der Waals surface area contributed by atoms with E-state index in [0.717, 1.165) is 5.56 Å². The van der Waals surface area contributed by atoms with Crippen LogP contribution in [-0.4, -0.2) is 22.3 Å². The first-order valence-corrected chi connectivity index (χ1v) is 15.1. The second-order valence-corrected chi connectivity index (χ2v) is 14.0. The molecule has 3 heteroatoms. The van der Waals surface area contributed by atoms with Crippen molar-refractivity contribution in [2.75, 3.05) is 14.2 Å². The van der Waals surface area contributed by atoms with E-state index in [1.807, 2.05) is 6.08 Å². The largest absolute Gasteiger partial charge is 0.380 e. The van der Waals surface area contributed by atoms with Gasteiger partial charge >= 0.3 is 0 Å². The Hall–Kier alpha value is -3.24. The molecule has 1 heterocycles. The molecule has 0 N–H and O–H groups in total. The van der Waals surface area contributed by atoms with Crippen LogP contribution in [0.15, 0.2) is 85.4 Å². The van der Waals surface area contributed by atoms with Crippen LogP contribution in [0.4, 0.5) is 0 Å². The van der Waals surface area contributed by atoms with Gasteiger partial charge in [-0.3, -0.25) is 0 Å². The summed E-state index contributed by atoms with van der Waals surface area (Å²) < 4.78 is 11.7. The highest BCUT2D eigenvalue weighted by atomic mass is 28.3. The molecule has 0 aromatic heterocycles. The quantitative estimate of drug-likeness (QED) is 0.274. The lowest BCUT2D eigenvalue weighted by atomic mass is 9.83. The van der Waals surface area contributed by atoms with Gasteiger partial charge in [0.2, 0.25) is 0 Å². The van der Waals surface area contributed by atoms with Crippen LogP contribution in [0.3, 0.4) is 0 Å². The first kappa shape index (κ1) is 23.5. The topological polar surface area (TPSA) is 18.5 Å². The van der Waals surface area contributed by atoms with Crippen molar-refractivity contribution < 1.29 is 9.47 Å². The van der Waals surface area contributed by atoms with E-state index < -0.39 is 8.07 Å². The predicted octanol–water partition coefficient (Wildman–Crippen LogP) is 6.76. The molecule has 4 aromatic carbocycles. The van der Waals surface area contributed by atoms with Crippen LogP contribution < -0.4 is 10.4 Å². The lowest BCUT2D eigenvalue weighted by Crippen LogP contribution is -2.50. The molecule has 0 unspecified atom stereocenters. The third-order valence-electron chi connectivity index (χ3n) is 7.29. The van der Waals surface area contributed by atoms with Gasteiger partial charge in [-0.25, -0.2) is 0 Å². The minimum atomic E-state index is -2.01. The molecule has 0 saturated carbocycles. The van der Waals surface area contributed by atoms with Gasteiger partial charge in [0.1, 0.15) is 8.07 Å². The van der Waals surface area contributed by atoms with Gasteiger partial charge in [0, 0.05) is 14.2 Å². The summed E-state index contributed by atoms with van der Waals surface area (Å²) in [6.07, 6.45) is 1.89. The average molecular weight is 477 g/mol. The molecule has 35 heavy (non-hydrogen) atoms. The number of benzene rings is 4. The molecule has 1 aliphatic rings. The molecule has 0 bridgehead atoms.